The Bertz CT molecular complexity index is 622. The van der Waals surface area contributed by atoms with Gasteiger partial charge in [0.05, 0.1) is 5.92 Å². The van der Waals surface area contributed by atoms with Gasteiger partial charge in [0.25, 0.3) is 0 Å². The number of hydrogen-bond donors (Lipinski definition) is 2. The average molecular weight is 415 g/mol. The van der Waals surface area contributed by atoms with E-state index in [0.29, 0.717) is 12.2 Å². The molecule has 2 N–H and O–H groups in total. The maximum absolute atomic E-state index is 13.3. The van der Waals surface area contributed by atoms with E-state index in [4.69, 9.17) is 0 Å². The molecule has 0 aromatic carbocycles. The maximum atomic E-state index is 13.3. The lowest BCUT2D eigenvalue weighted by Gasteiger charge is -2.42. The highest BCUT2D eigenvalue weighted by molar-refractivity contribution is 5.22. The van der Waals surface area contributed by atoms with Crippen LogP contribution in [0.1, 0.15) is 13.3 Å². The zero-order valence-corrected chi connectivity index (χ0v) is 17.4. The highest BCUT2D eigenvalue weighted by atomic mass is 19.4. The summed E-state index contributed by atoms with van der Waals surface area (Å²) >= 11 is 0. The molecule has 2 rings (SSSR count). The monoisotopic (exact) mass is 414 g/mol. The minimum atomic E-state index is -4.31. The molecule has 0 bridgehead atoms. The van der Waals surface area contributed by atoms with Crippen molar-refractivity contribution < 1.29 is 18.3 Å². The number of alkyl halides is 3. The maximum Gasteiger partial charge on any atom is 0.395 e. The highest BCUT2D eigenvalue weighted by Crippen LogP contribution is 2.36. The Morgan fingerprint density at radius 1 is 1.28 bits per heavy atom. The minimum Gasteiger partial charge on any atom is -0.372 e. The fourth-order valence-electron chi connectivity index (χ4n) is 3.59. The van der Waals surface area contributed by atoms with Gasteiger partial charge in [-0.2, -0.15) is 13.2 Å². The average Bonchev–Trinajstić information content (AvgIpc) is 2.68. The summed E-state index contributed by atoms with van der Waals surface area (Å²) in [4.78, 5) is 6.04. The van der Waals surface area contributed by atoms with Gasteiger partial charge in [-0.1, -0.05) is 30.4 Å². The number of nitrogens with zero attached hydrogens (tertiary/aromatic N) is 3. The van der Waals surface area contributed by atoms with Crippen LogP contribution in [0.2, 0.25) is 0 Å². The number of hydrogen-bond acceptors (Lipinski definition) is 5. The molecule has 0 aromatic rings. The van der Waals surface area contributed by atoms with Gasteiger partial charge in [0.2, 0.25) is 0 Å². The Morgan fingerprint density at radius 2 is 1.97 bits per heavy atom. The van der Waals surface area contributed by atoms with Crippen molar-refractivity contribution in [3.05, 3.63) is 48.2 Å². The van der Waals surface area contributed by atoms with Gasteiger partial charge in [-0.25, -0.2) is 0 Å². The summed E-state index contributed by atoms with van der Waals surface area (Å²) in [6.45, 7) is 5.73. The second-order valence-corrected chi connectivity index (χ2v) is 7.53. The number of piperazine rings is 1. The van der Waals surface area contributed by atoms with E-state index < -0.39 is 24.5 Å². The molecule has 1 saturated heterocycles. The van der Waals surface area contributed by atoms with Gasteiger partial charge in [0, 0.05) is 44.8 Å². The first-order valence-electron chi connectivity index (χ1n) is 10.0. The lowest BCUT2D eigenvalue weighted by atomic mass is 9.96. The van der Waals surface area contributed by atoms with Crippen molar-refractivity contribution in [2.24, 2.45) is 5.92 Å². The van der Waals surface area contributed by atoms with Crippen LogP contribution in [0.5, 0.6) is 0 Å². The van der Waals surface area contributed by atoms with E-state index in [9.17, 15) is 18.3 Å². The summed E-state index contributed by atoms with van der Waals surface area (Å²) in [6, 6.07) is 0. The van der Waals surface area contributed by atoms with Crippen LogP contribution in [0.4, 0.5) is 13.2 Å². The fraction of sp³-hybridized carbons (Fsp3) is 0.619. The lowest BCUT2D eigenvalue weighted by Crippen LogP contribution is -2.55. The van der Waals surface area contributed by atoms with Crippen LogP contribution in [0.25, 0.3) is 0 Å². The normalized spacial score (nSPS) is 24.2. The molecule has 1 heterocycles. The summed E-state index contributed by atoms with van der Waals surface area (Å²) < 4.78 is 39.9. The van der Waals surface area contributed by atoms with E-state index in [1.165, 1.54) is 12.2 Å². The number of likely N-dealkylation sites (N-methyl/N-ethyl adjacent to an activating group) is 2. The van der Waals surface area contributed by atoms with E-state index in [-0.39, 0.29) is 6.42 Å². The standard InChI is InChI=1S/C21H33F3N4O/c1-4-5-6-10-19(25-2)28(18-9-7-8-17(15-18)21(22,23)24)20(29)16-27-13-11-26(3)12-14-27/h4-10,17,19-20,25,29H,11-16H2,1-3H3/b5-4-,10-6-/t17?,19?,20-/m1/s1. The molecule has 0 aromatic heterocycles. The van der Waals surface area contributed by atoms with E-state index in [1.54, 1.807) is 18.0 Å². The SMILES string of the molecule is C/C=C\C=C/C(NC)N(C1=CC=CC(C(F)(F)F)C1)[C@H](O)CN1CCN(C)CC1. The lowest BCUT2D eigenvalue weighted by molar-refractivity contribution is -0.163. The van der Waals surface area contributed by atoms with Crippen molar-refractivity contribution in [3.63, 3.8) is 0 Å². The van der Waals surface area contributed by atoms with Crippen molar-refractivity contribution in [1.29, 1.82) is 0 Å². The second kappa shape index (κ2) is 11.0. The molecule has 0 radical (unpaired) electrons. The van der Waals surface area contributed by atoms with Crippen molar-refractivity contribution >= 4 is 0 Å². The smallest absolute Gasteiger partial charge is 0.372 e. The Kier molecular flexibility index (Phi) is 8.95. The van der Waals surface area contributed by atoms with Crippen LogP contribution in [0, 0.1) is 5.92 Å². The number of allylic oxidation sites excluding steroid dienone is 7. The number of rotatable bonds is 8. The first-order valence-corrected chi connectivity index (χ1v) is 10.0. The van der Waals surface area contributed by atoms with Gasteiger partial charge in [-0.05, 0) is 33.2 Å². The van der Waals surface area contributed by atoms with Crippen molar-refractivity contribution in [1.82, 2.24) is 20.0 Å². The van der Waals surface area contributed by atoms with Gasteiger partial charge >= 0.3 is 6.18 Å². The van der Waals surface area contributed by atoms with Crippen LogP contribution >= 0.6 is 0 Å². The quantitative estimate of drug-likeness (QED) is 0.472. The Morgan fingerprint density at radius 3 is 2.55 bits per heavy atom. The molecule has 164 valence electrons. The molecular weight excluding hydrogens is 381 g/mol. The number of halogens is 3. The van der Waals surface area contributed by atoms with Crippen LogP contribution < -0.4 is 5.32 Å². The summed E-state index contributed by atoms with van der Waals surface area (Å²) in [5.74, 6) is -1.54. The zero-order valence-electron chi connectivity index (χ0n) is 17.4. The third-order valence-corrected chi connectivity index (χ3v) is 5.34. The predicted octanol–water partition coefficient (Wildman–Crippen LogP) is 2.55. The van der Waals surface area contributed by atoms with Crippen molar-refractivity contribution in [2.45, 2.75) is 31.9 Å². The summed E-state index contributed by atoms with van der Waals surface area (Å²) in [5, 5.41) is 14.2. The molecule has 1 aliphatic heterocycles. The first kappa shape index (κ1) is 23.7. The van der Waals surface area contributed by atoms with Gasteiger partial charge in [0.15, 0.2) is 0 Å². The Balaban J connectivity index is 2.22. The number of aliphatic hydroxyl groups excluding tert-OH is 1. The van der Waals surface area contributed by atoms with E-state index in [1.807, 2.05) is 31.2 Å². The second-order valence-electron chi connectivity index (χ2n) is 7.53. The van der Waals surface area contributed by atoms with Gasteiger partial charge in [-0.3, -0.25) is 10.2 Å². The molecule has 2 unspecified atom stereocenters. The van der Waals surface area contributed by atoms with E-state index in [2.05, 4.69) is 22.2 Å². The molecule has 8 heteroatoms. The topological polar surface area (TPSA) is 42.0 Å². The Hall–Kier alpha value is -1.61. The van der Waals surface area contributed by atoms with Gasteiger partial charge < -0.3 is 14.9 Å². The predicted molar refractivity (Wildman–Crippen MR) is 110 cm³/mol. The third kappa shape index (κ3) is 6.99. The molecule has 1 aliphatic carbocycles. The van der Waals surface area contributed by atoms with Gasteiger partial charge in [-0.15, -0.1) is 0 Å². The van der Waals surface area contributed by atoms with Crippen molar-refractivity contribution in [3.8, 4) is 0 Å². The molecule has 3 atom stereocenters. The first-order chi connectivity index (χ1) is 13.8. The van der Waals surface area contributed by atoms with Crippen molar-refractivity contribution in [2.75, 3.05) is 46.8 Å². The van der Waals surface area contributed by atoms with Crippen LogP contribution in [-0.2, 0) is 0 Å². The van der Waals surface area contributed by atoms with Gasteiger partial charge in [0.1, 0.15) is 12.4 Å². The molecule has 29 heavy (non-hydrogen) atoms. The molecule has 1 fully saturated rings. The fourth-order valence-corrected chi connectivity index (χ4v) is 3.59. The van der Waals surface area contributed by atoms with E-state index in [0.717, 1.165) is 26.2 Å². The highest BCUT2D eigenvalue weighted by Gasteiger charge is 2.40. The summed E-state index contributed by atoms with van der Waals surface area (Å²) in [6.07, 6.45) is 5.83. The number of nitrogens with one attached hydrogen (secondary N) is 1. The third-order valence-electron chi connectivity index (χ3n) is 5.34. The van der Waals surface area contributed by atoms with Crippen LogP contribution in [0.3, 0.4) is 0 Å². The van der Waals surface area contributed by atoms with E-state index >= 15 is 0 Å². The molecule has 0 saturated carbocycles. The van der Waals surface area contributed by atoms with Crippen LogP contribution in [-0.4, -0.2) is 85.2 Å². The Labute approximate surface area is 171 Å². The molecule has 5 nitrogen and oxygen atoms in total. The summed E-state index contributed by atoms with van der Waals surface area (Å²) in [5.41, 5.74) is 0.473. The zero-order chi connectivity index (χ0) is 21.4. The minimum absolute atomic E-state index is 0.185. The molecule has 0 spiro atoms. The largest absolute Gasteiger partial charge is 0.395 e. The molecule has 2 aliphatic rings. The molecular formula is C21H33F3N4O. The molecule has 0 amide bonds. The number of aliphatic hydroxyl groups is 1. The summed E-state index contributed by atoms with van der Waals surface area (Å²) in [7, 11) is 3.79. The van der Waals surface area contributed by atoms with Crippen LogP contribution in [0.15, 0.2) is 48.2 Å². The number of β-amino-alcohol motifs (C(OH)–C–C–N with tert-alkyl or cyclic N) is 1.